The van der Waals surface area contributed by atoms with E-state index >= 15 is 0 Å². The standard InChI is InChI=1S/2C10H4F4N.2C5H5.Ti/c2*11-6-5-7(12)10(9(14)8(6)13)15-3-1-2-4-15;2*1-2-4-5-3-1;/h2*1-4H;2*1-3H,4H2;/q4*-1;+4. The van der Waals surface area contributed by atoms with Crippen molar-refractivity contribution in [2.75, 3.05) is 0 Å². The van der Waals surface area contributed by atoms with E-state index in [9.17, 15) is 35.1 Å². The van der Waals surface area contributed by atoms with Crippen molar-refractivity contribution in [3.05, 3.63) is 156 Å². The minimum Gasteiger partial charge on any atom is -0.372 e. The van der Waals surface area contributed by atoms with Crippen LogP contribution in [-0.2, 0) is 21.7 Å². The summed E-state index contributed by atoms with van der Waals surface area (Å²) in [5.74, 6) is -12.5. The first-order valence-electron chi connectivity index (χ1n) is 11.4. The first kappa shape index (κ1) is 33.3. The molecule has 11 heteroatoms. The Labute approximate surface area is 246 Å². The van der Waals surface area contributed by atoms with Gasteiger partial charge in [0, 0.05) is 23.0 Å². The zero-order valence-corrected chi connectivity index (χ0v) is 22.5. The van der Waals surface area contributed by atoms with E-state index in [-0.39, 0.29) is 21.7 Å². The van der Waals surface area contributed by atoms with Crippen molar-refractivity contribution in [2.24, 2.45) is 0 Å². The average molecular weight is 606 g/mol. The van der Waals surface area contributed by atoms with Crippen LogP contribution >= 0.6 is 0 Å². The van der Waals surface area contributed by atoms with Crippen molar-refractivity contribution < 1.29 is 56.8 Å². The summed E-state index contributed by atoms with van der Waals surface area (Å²) >= 11 is 0. The van der Waals surface area contributed by atoms with E-state index in [0.29, 0.717) is 0 Å². The molecule has 0 aliphatic heterocycles. The third-order valence-electron chi connectivity index (χ3n) is 4.94. The summed E-state index contributed by atoms with van der Waals surface area (Å²) in [7, 11) is 0. The molecule has 2 aromatic carbocycles. The third-order valence-corrected chi connectivity index (χ3v) is 4.94. The molecule has 6 rings (SSSR count). The number of hydrogen-bond acceptors (Lipinski definition) is 0. The predicted octanol–water partition coefficient (Wildman–Crippen LogP) is 8.28. The molecule has 0 fully saturated rings. The summed E-state index contributed by atoms with van der Waals surface area (Å²) in [6, 6.07) is 8.93. The Kier molecular flexibility index (Phi) is 13.3. The van der Waals surface area contributed by atoms with E-state index in [1.807, 2.05) is 24.3 Å². The Morgan fingerprint density at radius 3 is 1.07 bits per heavy atom. The number of halogens is 8. The fourth-order valence-electron chi connectivity index (χ4n) is 3.12. The normalized spacial score (nSPS) is 12.1. The molecule has 0 saturated heterocycles. The molecule has 2 aliphatic rings. The van der Waals surface area contributed by atoms with Crippen LogP contribution in [-0.4, -0.2) is 9.13 Å². The van der Waals surface area contributed by atoms with Crippen molar-refractivity contribution in [3.8, 4) is 11.4 Å². The molecule has 0 amide bonds. The van der Waals surface area contributed by atoms with Crippen molar-refractivity contribution in [3.63, 3.8) is 0 Å². The second-order valence-corrected chi connectivity index (χ2v) is 7.65. The van der Waals surface area contributed by atoms with Gasteiger partial charge in [-0.3, -0.25) is 20.9 Å². The number of nitrogens with zero attached hydrogens (tertiary/aromatic N) is 2. The number of allylic oxidation sites excluding steroid dienone is 8. The molecule has 4 aromatic rings. The maximum atomic E-state index is 13.2. The van der Waals surface area contributed by atoms with Gasteiger partial charge in [-0.1, -0.05) is 0 Å². The Morgan fingerprint density at radius 2 is 0.829 bits per heavy atom. The Morgan fingerprint density at radius 1 is 0.488 bits per heavy atom. The van der Waals surface area contributed by atoms with Crippen LogP contribution in [0.15, 0.2) is 85.5 Å². The van der Waals surface area contributed by atoms with Gasteiger partial charge in [0.2, 0.25) is 0 Å². The van der Waals surface area contributed by atoms with Crippen LogP contribution < -0.4 is 0 Å². The van der Waals surface area contributed by atoms with Crippen LogP contribution in [0, 0.1) is 70.8 Å². The van der Waals surface area contributed by atoms with E-state index in [2.05, 4.69) is 24.3 Å². The topological polar surface area (TPSA) is 9.86 Å². The fourth-order valence-corrected chi connectivity index (χ4v) is 3.12. The Hall–Kier alpha value is -3.89. The van der Waals surface area contributed by atoms with Gasteiger partial charge < -0.3 is 9.13 Å². The molecule has 2 aliphatic carbocycles. The molecular weight excluding hydrogens is 588 g/mol. The molecule has 2 heterocycles. The van der Waals surface area contributed by atoms with Gasteiger partial charge in [0.25, 0.3) is 0 Å². The Bertz CT molecular complexity index is 1390. The molecule has 41 heavy (non-hydrogen) atoms. The summed E-state index contributed by atoms with van der Waals surface area (Å²) < 4.78 is 105. The first-order valence-corrected chi connectivity index (χ1v) is 11.4. The van der Waals surface area contributed by atoms with Gasteiger partial charge in [-0.25, -0.2) is 50.6 Å². The minimum absolute atomic E-state index is 0. The number of benzene rings is 2. The largest absolute Gasteiger partial charge is 4.00 e. The van der Waals surface area contributed by atoms with Gasteiger partial charge in [-0.05, 0) is 49.1 Å². The van der Waals surface area contributed by atoms with Crippen LogP contribution in [0.1, 0.15) is 12.8 Å². The van der Waals surface area contributed by atoms with E-state index < -0.39 is 57.9 Å². The van der Waals surface area contributed by atoms with Crippen molar-refractivity contribution >= 4 is 0 Å². The second kappa shape index (κ2) is 16.4. The van der Waals surface area contributed by atoms with Crippen molar-refractivity contribution in [2.45, 2.75) is 12.8 Å². The van der Waals surface area contributed by atoms with Crippen LogP contribution in [0.4, 0.5) is 35.1 Å². The smallest absolute Gasteiger partial charge is 0.372 e. The van der Waals surface area contributed by atoms with Gasteiger partial charge >= 0.3 is 21.7 Å². The van der Waals surface area contributed by atoms with Crippen molar-refractivity contribution in [1.29, 1.82) is 0 Å². The zero-order chi connectivity index (χ0) is 29.1. The van der Waals surface area contributed by atoms with Gasteiger partial charge in [-0.2, -0.15) is 12.2 Å². The molecule has 0 bridgehead atoms. The molecule has 0 saturated carbocycles. The van der Waals surface area contributed by atoms with Crippen molar-refractivity contribution in [1.82, 2.24) is 9.13 Å². The molecule has 2 aromatic heterocycles. The quantitative estimate of drug-likeness (QED) is 0.0715. The minimum atomic E-state index is -1.74. The summed E-state index contributed by atoms with van der Waals surface area (Å²) in [6.45, 7) is 0. The van der Waals surface area contributed by atoms with Gasteiger partial charge in [-0.15, -0.1) is 25.0 Å². The van der Waals surface area contributed by atoms with E-state index in [4.69, 9.17) is 0 Å². The molecular formula is C30H18F8N2Ti. The average Bonchev–Trinajstić information content (AvgIpc) is 3.75. The van der Waals surface area contributed by atoms with E-state index in [1.165, 1.54) is 61.2 Å². The SMILES string of the molecule is Fc1[c-]c(F)c(-n2cccc2)c(F)c1F.Fc1[c-]c(F)c(-n2cccc2)c(F)c1F.[C-]1=CC=CC1.[C-]1=CC=CC1.[Ti+4]. The second-order valence-electron chi connectivity index (χ2n) is 7.65. The van der Waals surface area contributed by atoms with E-state index in [0.717, 1.165) is 22.0 Å². The number of aromatic nitrogens is 2. The summed E-state index contributed by atoms with van der Waals surface area (Å²) in [4.78, 5) is 0. The third kappa shape index (κ3) is 9.06. The van der Waals surface area contributed by atoms with Gasteiger partial charge in [0.05, 0.1) is 34.9 Å². The van der Waals surface area contributed by atoms with E-state index in [1.54, 1.807) is 0 Å². The fraction of sp³-hybridized carbons (Fsp3) is 0.0667. The number of rotatable bonds is 2. The summed E-state index contributed by atoms with van der Waals surface area (Å²) in [6.07, 6.45) is 25.2. The molecule has 0 unspecified atom stereocenters. The number of hydrogen-bond donors (Lipinski definition) is 0. The maximum absolute atomic E-state index is 13.2. The van der Waals surface area contributed by atoms with Crippen LogP contribution in [0.3, 0.4) is 0 Å². The predicted molar refractivity (Wildman–Crippen MR) is 132 cm³/mol. The maximum Gasteiger partial charge on any atom is 4.00 e. The molecule has 0 atom stereocenters. The van der Waals surface area contributed by atoms with Crippen LogP contribution in [0.25, 0.3) is 11.4 Å². The molecule has 0 radical (unpaired) electrons. The Balaban J connectivity index is 0.000000211. The van der Waals surface area contributed by atoms with Gasteiger partial charge in [0.1, 0.15) is 0 Å². The van der Waals surface area contributed by atoms with Crippen LogP contribution in [0.2, 0.25) is 0 Å². The zero-order valence-electron chi connectivity index (χ0n) is 20.9. The first-order chi connectivity index (χ1) is 19.2. The summed E-state index contributed by atoms with van der Waals surface area (Å²) in [5.41, 5.74) is -1.36. The monoisotopic (exact) mass is 606 g/mol. The molecule has 2 nitrogen and oxygen atoms in total. The molecule has 208 valence electrons. The van der Waals surface area contributed by atoms with Gasteiger partial charge in [0.15, 0.2) is 0 Å². The molecule has 0 spiro atoms. The molecule has 0 N–H and O–H groups in total. The van der Waals surface area contributed by atoms with Crippen LogP contribution in [0.5, 0.6) is 0 Å². The summed E-state index contributed by atoms with van der Waals surface area (Å²) in [5, 5.41) is 0.